The van der Waals surface area contributed by atoms with E-state index in [0.717, 1.165) is 38.4 Å². The molecule has 0 radical (unpaired) electrons. The largest absolute Gasteiger partial charge is 0.348 e. The van der Waals surface area contributed by atoms with E-state index < -0.39 is 0 Å². The van der Waals surface area contributed by atoms with Gasteiger partial charge in [-0.3, -0.25) is 4.79 Å². The summed E-state index contributed by atoms with van der Waals surface area (Å²) in [5.74, 6) is 0.0505. The molecule has 0 aliphatic carbocycles. The van der Waals surface area contributed by atoms with Crippen LogP contribution in [-0.2, 0) is 0 Å². The molecule has 1 aromatic rings. The number of aromatic amines is 1. The Hall–Kier alpha value is -1.36. The summed E-state index contributed by atoms with van der Waals surface area (Å²) >= 11 is 0. The van der Waals surface area contributed by atoms with Gasteiger partial charge in [0.15, 0.2) is 0 Å². The topological polar surface area (TPSA) is 52.2 Å². The van der Waals surface area contributed by atoms with Crippen molar-refractivity contribution in [2.45, 2.75) is 13.8 Å². The number of nitrogens with zero attached hydrogens (tertiary/aromatic N) is 3. The average molecular weight is 222 g/mol. The van der Waals surface area contributed by atoms with Crippen molar-refractivity contribution in [3.63, 3.8) is 0 Å². The monoisotopic (exact) mass is 222 g/mol. The Bertz CT molecular complexity index is 366. The lowest BCUT2D eigenvalue weighted by Gasteiger charge is -2.33. The van der Waals surface area contributed by atoms with Crippen LogP contribution in [-0.4, -0.2) is 58.4 Å². The third-order valence-corrected chi connectivity index (χ3v) is 3.14. The highest BCUT2D eigenvalue weighted by Gasteiger charge is 2.23. The van der Waals surface area contributed by atoms with E-state index in [1.807, 2.05) is 11.8 Å². The molecule has 0 aromatic carbocycles. The molecule has 1 amide bonds. The maximum atomic E-state index is 12.1. The number of rotatable bonds is 2. The number of aromatic nitrogens is 2. The summed E-state index contributed by atoms with van der Waals surface area (Å²) in [7, 11) is 0. The van der Waals surface area contributed by atoms with Crippen molar-refractivity contribution in [1.29, 1.82) is 0 Å². The number of H-pyrrole nitrogens is 1. The van der Waals surface area contributed by atoms with Gasteiger partial charge in [-0.15, -0.1) is 0 Å². The smallest absolute Gasteiger partial charge is 0.274 e. The Kier molecular flexibility index (Phi) is 3.24. The van der Waals surface area contributed by atoms with Gasteiger partial charge in [-0.1, -0.05) is 6.92 Å². The Balaban J connectivity index is 2.00. The lowest BCUT2D eigenvalue weighted by Crippen LogP contribution is -2.48. The van der Waals surface area contributed by atoms with Crippen molar-refractivity contribution < 1.29 is 4.79 Å². The van der Waals surface area contributed by atoms with Crippen molar-refractivity contribution >= 4 is 5.91 Å². The van der Waals surface area contributed by atoms with Crippen LogP contribution in [0.1, 0.15) is 23.1 Å². The molecule has 1 saturated heterocycles. The van der Waals surface area contributed by atoms with Gasteiger partial charge in [-0.25, -0.2) is 4.98 Å². The minimum absolute atomic E-state index is 0.0505. The number of aryl methyl sites for hydroxylation is 1. The standard InChI is InChI=1S/C11H18N4O/c1-3-14-4-6-15(7-5-14)11(16)10-9(2)12-8-13-10/h8H,3-7H2,1-2H3,(H,12,13). The second-order valence-electron chi connectivity index (χ2n) is 4.10. The first-order valence-corrected chi connectivity index (χ1v) is 5.74. The van der Waals surface area contributed by atoms with Crippen LogP contribution < -0.4 is 0 Å². The third kappa shape index (κ3) is 2.09. The van der Waals surface area contributed by atoms with E-state index in [1.54, 1.807) is 6.33 Å². The molecular weight excluding hydrogens is 204 g/mol. The SMILES string of the molecule is CCN1CCN(C(=O)c2nc[nH]c2C)CC1. The molecule has 0 bridgehead atoms. The zero-order valence-corrected chi connectivity index (χ0v) is 9.86. The van der Waals surface area contributed by atoms with Crippen LogP contribution in [0.5, 0.6) is 0 Å². The van der Waals surface area contributed by atoms with Crippen LogP contribution >= 0.6 is 0 Å². The number of nitrogens with one attached hydrogen (secondary N) is 1. The predicted molar refractivity (Wildman–Crippen MR) is 61.3 cm³/mol. The summed E-state index contributed by atoms with van der Waals surface area (Å²) in [6.45, 7) is 8.62. The van der Waals surface area contributed by atoms with Gasteiger partial charge in [0.25, 0.3) is 5.91 Å². The van der Waals surface area contributed by atoms with E-state index in [4.69, 9.17) is 0 Å². The summed E-state index contributed by atoms with van der Waals surface area (Å²) in [5, 5.41) is 0. The van der Waals surface area contributed by atoms with Gasteiger partial charge in [0, 0.05) is 31.9 Å². The fraction of sp³-hybridized carbons (Fsp3) is 0.636. The molecule has 0 spiro atoms. The van der Waals surface area contributed by atoms with Gasteiger partial charge < -0.3 is 14.8 Å². The lowest BCUT2D eigenvalue weighted by atomic mass is 10.2. The molecule has 1 aliphatic heterocycles. The minimum Gasteiger partial charge on any atom is -0.348 e. The lowest BCUT2D eigenvalue weighted by molar-refractivity contribution is 0.0637. The number of amides is 1. The molecule has 16 heavy (non-hydrogen) atoms. The number of carbonyl (C=O) groups is 1. The maximum Gasteiger partial charge on any atom is 0.274 e. The first-order valence-electron chi connectivity index (χ1n) is 5.74. The zero-order chi connectivity index (χ0) is 11.5. The second-order valence-corrected chi connectivity index (χ2v) is 4.10. The summed E-state index contributed by atoms with van der Waals surface area (Å²) in [4.78, 5) is 23.3. The molecule has 1 fully saturated rings. The number of piperazine rings is 1. The van der Waals surface area contributed by atoms with Crippen LogP contribution in [0.15, 0.2) is 6.33 Å². The van der Waals surface area contributed by atoms with Crippen LogP contribution in [0.3, 0.4) is 0 Å². The Morgan fingerprint density at radius 1 is 1.44 bits per heavy atom. The molecule has 2 heterocycles. The highest BCUT2D eigenvalue weighted by Crippen LogP contribution is 2.09. The highest BCUT2D eigenvalue weighted by molar-refractivity contribution is 5.93. The number of hydrogen-bond donors (Lipinski definition) is 1. The van der Waals surface area contributed by atoms with Crippen LogP contribution in [0, 0.1) is 6.92 Å². The van der Waals surface area contributed by atoms with E-state index in [-0.39, 0.29) is 5.91 Å². The Morgan fingerprint density at radius 2 is 2.12 bits per heavy atom. The summed E-state index contributed by atoms with van der Waals surface area (Å²) < 4.78 is 0. The Morgan fingerprint density at radius 3 is 2.62 bits per heavy atom. The zero-order valence-electron chi connectivity index (χ0n) is 9.86. The van der Waals surface area contributed by atoms with Crippen molar-refractivity contribution in [3.8, 4) is 0 Å². The van der Waals surface area contributed by atoms with Crippen LogP contribution in [0.25, 0.3) is 0 Å². The normalized spacial score (nSPS) is 17.8. The number of hydrogen-bond acceptors (Lipinski definition) is 3. The van der Waals surface area contributed by atoms with Crippen molar-refractivity contribution in [2.24, 2.45) is 0 Å². The molecule has 0 unspecified atom stereocenters. The summed E-state index contributed by atoms with van der Waals surface area (Å²) in [5.41, 5.74) is 1.41. The van der Waals surface area contributed by atoms with Gasteiger partial charge in [0.1, 0.15) is 5.69 Å². The Labute approximate surface area is 95.5 Å². The third-order valence-electron chi connectivity index (χ3n) is 3.14. The highest BCUT2D eigenvalue weighted by atomic mass is 16.2. The molecule has 5 heteroatoms. The van der Waals surface area contributed by atoms with Gasteiger partial charge in [0.05, 0.1) is 6.33 Å². The summed E-state index contributed by atoms with van der Waals surface area (Å²) in [6.07, 6.45) is 1.57. The molecule has 1 aliphatic rings. The molecule has 88 valence electrons. The average Bonchev–Trinajstić information content (AvgIpc) is 2.75. The quantitative estimate of drug-likeness (QED) is 0.792. The van der Waals surface area contributed by atoms with Crippen LogP contribution in [0.4, 0.5) is 0 Å². The molecule has 1 aromatic heterocycles. The first-order chi connectivity index (χ1) is 7.72. The van der Waals surface area contributed by atoms with Gasteiger partial charge >= 0.3 is 0 Å². The second kappa shape index (κ2) is 4.65. The van der Waals surface area contributed by atoms with Gasteiger partial charge in [0.2, 0.25) is 0 Å². The maximum absolute atomic E-state index is 12.1. The number of likely N-dealkylation sites (N-methyl/N-ethyl adjacent to an activating group) is 1. The molecule has 5 nitrogen and oxygen atoms in total. The molecule has 0 saturated carbocycles. The van der Waals surface area contributed by atoms with Gasteiger partial charge in [-0.05, 0) is 13.5 Å². The fourth-order valence-electron chi connectivity index (χ4n) is 1.99. The van der Waals surface area contributed by atoms with Gasteiger partial charge in [-0.2, -0.15) is 0 Å². The van der Waals surface area contributed by atoms with E-state index in [0.29, 0.717) is 5.69 Å². The molecular formula is C11H18N4O. The molecule has 1 N–H and O–H groups in total. The van der Waals surface area contributed by atoms with E-state index >= 15 is 0 Å². The predicted octanol–water partition coefficient (Wildman–Crippen LogP) is 0.496. The van der Waals surface area contributed by atoms with Crippen molar-refractivity contribution in [2.75, 3.05) is 32.7 Å². The van der Waals surface area contributed by atoms with Crippen molar-refractivity contribution in [3.05, 3.63) is 17.7 Å². The first kappa shape index (κ1) is 11.1. The minimum atomic E-state index is 0.0505. The number of carbonyl (C=O) groups excluding carboxylic acids is 1. The molecule has 2 rings (SSSR count). The van der Waals surface area contributed by atoms with Crippen molar-refractivity contribution in [1.82, 2.24) is 19.8 Å². The number of imidazole rings is 1. The summed E-state index contributed by atoms with van der Waals surface area (Å²) in [6, 6.07) is 0. The molecule has 0 atom stereocenters. The van der Waals surface area contributed by atoms with E-state index in [1.165, 1.54) is 0 Å². The van der Waals surface area contributed by atoms with Crippen LogP contribution in [0.2, 0.25) is 0 Å². The fourth-order valence-corrected chi connectivity index (χ4v) is 1.99. The van der Waals surface area contributed by atoms with E-state index in [9.17, 15) is 4.79 Å². The van der Waals surface area contributed by atoms with E-state index in [2.05, 4.69) is 21.8 Å².